The standard InChI is InChI=1S/C26H37FN4O5Si/c1-17-22(10-7-19-5-8-21(9-6-19)31-24(34)15-25(31)35-18(2)33)36-23(26(17)37(3,4)27)11-13-30-16-20(12-14-32)28-29-30/h5-6,8-9,16-17,22-23,25-26,32H,7,10-15H2,1-4H3/t17-,22+,23-,25?,26+/m1/s1. The van der Waals surface area contributed by atoms with Gasteiger partial charge in [0.25, 0.3) is 0 Å². The molecule has 0 aliphatic carbocycles. The summed E-state index contributed by atoms with van der Waals surface area (Å²) in [5.41, 5.74) is 2.45. The summed E-state index contributed by atoms with van der Waals surface area (Å²) >= 11 is 0. The predicted octanol–water partition coefficient (Wildman–Crippen LogP) is 3.41. The molecule has 2 aliphatic heterocycles. The number of hydrogen-bond acceptors (Lipinski definition) is 7. The Labute approximate surface area is 218 Å². The number of benzene rings is 1. The lowest BCUT2D eigenvalue weighted by atomic mass is 9.95. The fourth-order valence-corrected chi connectivity index (χ4v) is 8.29. The van der Waals surface area contributed by atoms with Crippen molar-refractivity contribution in [2.24, 2.45) is 5.92 Å². The number of anilines is 1. The zero-order chi connectivity index (χ0) is 26.7. The maximum absolute atomic E-state index is 15.4. The Morgan fingerprint density at radius 3 is 2.57 bits per heavy atom. The molecular weight excluding hydrogens is 495 g/mol. The smallest absolute Gasteiger partial charge is 0.304 e. The molecule has 2 fully saturated rings. The molecule has 1 amide bonds. The second-order valence-corrected chi connectivity index (χ2v) is 14.4. The second-order valence-electron chi connectivity index (χ2n) is 10.6. The van der Waals surface area contributed by atoms with E-state index in [0.29, 0.717) is 25.1 Å². The van der Waals surface area contributed by atoms with Crippen LogP contribution in [0.2, 0.25) is 18.6 Å². The SMILES string of the molecule is CC(=O)OC1CC(=O)N1c1ccc(CC[C@@H]2O[C@H](CCn3cc(CCO)nn3)[C@@H]([Si](C)(C)F)[C@@H]2C)cc1. The molecule has 1 aromatic heterocycles. The van der Waals surface area contributed by atoms with E-state index in [2.05, 4.69) is 17.2 Å². The number of aliphatic hydroxyl groups is 1. The van der Waals surface area contributed by atoms with Crippen molar-refractivity contribution in [3.63, 3.8) is 0 Å². The molecule has 1 unspecified atom stereocenters. The first-order valence-electron chi connectivity index (χ1n) is 13.0. The molecular formula is C26H37FN4O5Si. The van der Waals surface area contributed by atoms with Gasteiger partial charge in [-0.2, -0.15) is 0 Å². The van der Waals surface area contributed by atoms with Crippen LogP contribution < -0.4 is 4.90 Å². The summed E-state index contributed by atoms with van der Waals surface area (Å²) in [6.45, 7) is 7.59. The molecule has 2 aromatic rings. The van der Waals surface area contributed by atoms with Crippen molar-refractivity contribution in [2.75, 3.05) is 11.5 Å². The van der Waals surface area contributed by atoms with Crippen molar-refractivity contribution in [1.82, 2.24) is 15.0 Å². The number of β-lactam (4-membered cyclic amide) rings is 1. The Bertz CT molecular complexity index is 1090. The molecule has 2 saturated heterocycles. The lowest BCUT2D eigenvalue weighted by Crippen LogP contribution is -2.54. The molecule has 9 nitrogen and oxygen atoms in total. The van der Waals surface area contributed by atoms with Crippen molar-refractivity contribution in [1.29, 1.82) is 0 Å². The van der Waals surface area contributed by atoms with Gasteiger partial charge in [-0.3, -0.25) is 19.2 Å². The first kappa shape index (κ1) is 27.4. The van der Waals surface area contributed by atoms with Crippen LogP contribution in [-0.4, -0.2) is 65.4 Å². The maximum atomic E-state index is 15.4. The number of aromatic nitrogens is 3. The van der Waals surface area contributed by atoms with E-state index in [1.807, 2.05) is 30.5 Å². The van der Waals surface area contributed by atoms with Crippen molar-refractivity contribution in [3.8, 4) is 0 Å². The molecule has 3 heterocycles. The zero-order valence-electron chi connectivity index (χ0n) is 22.0. The average molecular weight is 533 g/mol. The highest BCUT2D eigenvalue weighted by molar-refractivity contribution is 6.72. The van der Waals surface area contributed by atoms with E-state index in [1.54, 1.807) is 17.8 Å². The first-order chi connectivity index (χ1) is 17.6. The minimum absolute atomic E-state index is 0.0290. The van der Waals surface area contributed by atoms with E-state index < -0.39 is 20.6 Å². The average Bonchev–Trinajstić information content (AvgIpc) is 3.40. The van der Waals surface area contributed by atoms with Gasteiger partial charge in [0.1, 0.15) is 0 Å². The largest absolute Gasteiger partial charge is 0.441 e. The fraction of sp³-hybridized carbons (Fsp3) is 0.615. The summed E-state index contributed by atoms with van der Waals surface area (Å²) in [7, 11) is -2.97. The van der Waals surface area contributed by atoms with Crippen LogP contribution in [0.1, 0.15) is 44.4 Å². The Balaban J connectivity index is 1.35. The Hall–Kier alpha value is -2.63. The van der Waals surface area contributed by atoms with Gasteiger partial charge in [-0.1, -0.05) is 24.3 Å². The summed E-state index contributed by atoms with van der Waals surface area (Å²) in [5, 5.41) is 17.3. The number of hydrogen-bond donors (Lipinski definition) is 1. The van der Waals surface area contributed by atoms with Crippen LogP contribution in [0.3, 0.4) is 0 Å². The van der Waals surface area contributed by atoms with Crippen LogP contribution in [-0.2, 0) is 38.4 Å². The molecule has 1 N–H and O–H groups in total. The molecule has 5 atom stereocenters. The lowest BCUT2D eigenvalue weighted by molar-refractivity contribution is -0.153. The van der Waals surface area contributed by atoms with Crippen molar-refractivity contribution < 1.29 is 28.3 Å². The molecule has 1 aromatic carbocycles. The fourth-order valence-electron chi connectivity index (χ4n) is 5.70. The van der Waals surface area contributed by atoms with E-state index >= 15 is 4.11 Å². The van der Waals surface area contributed by atoms with Crippen molar-refractivity contribution >= 4 is 26.0 Å². The van der Waals surface area contributed by atoms with Crippen LogP contribution in [0.25, 0.3) is 0 Å². The van der Waals surface area contributed by atoms with Gasteiger partial charge in [-0.05, 0) is 56.0 Å². The number of carbonyl (C=O) groups is 2. The monoisotopic (exact) mass is 532 g/mol. The number of aliphatic hydroxyl groups excluding tert-OH is 1. The number of rotatable bonds is 11. The van der Waals surface area contributed by atoms with Gasteiger partial charge in [0.15, 0.2) is 6.23 Å². The Morgan fingerprint density at radius 2 is 1.95 bits per heavy atom. The summed E-state index contributed by atoms with van der Waals surface area (Å²) in [6, 6.07) is 7.69. The summed E-state index contributed by atoms with van der Waals surface area (Å²) in [4.78, 5) is 24.8. The molecule has 2 aliphatic rings. The Morgan fingerprint density at radius 1 is 1.22 bits per heavy atom. The molecule has 37 heavy (non-hydrogen) atoms. The van der Waals surface area contributed by atoms with Crippen LogP contribution in [0.4, 0.5) is 9.80 Å². The number of esters is 1. The highest BCUT2D eigenvalue weighted by Gasteiger charge is 2.50. The Kier molecular flexibility index (Phi) is 8.45. The van der Waals surface area contributed by atoms with Crippen LogP contribution in [0.15, 0.2) is 30.5 Å². The van der Waals surface area contributed by atoms with E-state index in [0.717, 1.165) is 24.1 Å². The van der Waals surface area contributed by atoms with Gasteiger partial charge in [-0.25, -0.2) is 0 Å². The molecule has 0 radical (unpaired) electrons. The van der Waals surface area contributed by atoms with Crippen LogP contribution in [0, 0.1) is 5.92 Å². The molecule has 0 spiro atoms. The van der Waals surface area contributed by atoms with Crippen molar-refractivity contribution in [3.05, 3.63) is 41.7 Å². The highest BCUT2D eigenvalue weighted by atomic mass is 28.4. The maximum Gasteiger partial charge on any atom is 0.304 e. The highest BCUT2D eigenvalue weighted by Crippen LogP contribution is 2.47. The summed E-state index contributed by atoms with van der Waals surface area (Å²) in [5.74, 6) is -0.369. The van der Waals surface area contributed by atoms with Gasteiger partial charge >= 0.3 is 5.97 Å². The number of halogens is 1. The number of aryl methyl sites for hydroxylation is 2. The molecule has 0 saturated carbocycles. The van der Waals surface area contributed by atoms with Crippen molar-refractivity contribution in [2.45, 2.75) is 89.6 Å². The number of carbonyl (C=O) groups excluding carboxylic acids is 2. The predicted molar refractivity (Wildman–Crippen MR) is 138 cm³/mol. The van der Waals surface area contributed by atoms with Crippen LogP contribution in [0.5, 0.6) is 0 Å². The van der Waals surface area contributed by atoms with E-state index in [9.17, 15) is 9.59 Å². The molecule has 4 rings (SSSR count). The molecule has 11 heteroatoms. The lowest BCUT2D eigenvalue weighted by Gasteiger charge is -2.39. The third-order valence-corrected chi connectivity index (χ3v) is 9.92. The zero-order valence-corrected chi connectivity index (χ0v) is 23.0. The van der Waals surface area contributed by atoms with E-state index in [-0.39, 0.29) is 42.6 Å². The van der Waals surface area contributed by atoms with Gasteiger partial charge in [0, 0.05) is 43.9 Å². The minimum Gasteiger partial charge on any atom is -0.441 e. The number of nitrogens with zero attached hydrogens (tertiary/aromatic N) is 4. The van der Waals surface area contributed by atoms with Crippen LogP contribution >= 0.6 is 0 Å². The molecule has 0 bridgehead atoms. The van der Waals surface area contributed by atoms with Gasteiger partial charge in [0.05, 0.1) is 24.3 Å². The first-order valence-corrected chi connectivity index (χ1v) is 15.9. The summed E-state index contributed by atoms with van der Waals surface area (Å²) < 4.78 is 28.8. The number of amides is 1. The third-order valence-electron chi connectivity index (χ3n) is 7.43. The van der Waals surface area contributed by atoms with Gasteiger partial charge in [-0.15, -0.1) is 5.10 Å². The minimum atomic E-state index is -2.97. The number of ether oxygens (including phenoxy) is 2. The van der Waals surface area contributed by atoms with Gasteiger partial charge < -0.3 is 18.7 Å². The normalized spacial score (nSPS) is 25.8. The van der Waals surface area contributed by atoms with E-state index in [1.165, 1.54) is 11.8 Å². The quantitative estimate of drug-likeness (QED) is 0.205. The van der Waals surface area contributed by atoms with E-state index in [4.69, 9.17) is 14.6 Å². The summed E-state index contributed by atoms with van der Waals surface area (Å²) in [6.07, 6.45) is 3.96. The third kappa shape index (κ3) is 6.45. The topological polar surface area (TPSA) is 107 Å². The molecule has 202 valence electrons. The van der Waals surface area contributed by atoms with Gasteiger partial charge in [0.2, 0.25) is 14.3 Å². The second kappa shape index (κ2) is 11.4.